The molecule has 22 heavy (non-hydrogen) atoms. The fourth-order valence-corrected chi connectivity index (χ4v) is 3.39. The van der Waals surface area contributed by atoms with Crippen molar-refractivity contribution in [3.8, 4) is 0 Å². The molecule has 124 valence electrons. The maximum atomic E-state index is 12.2. The van der Waals surface area contributed by atoms with Crippen LogP contribution in [0.15, 0.2) is 12.7 Å². The Morgan fingerprint density at radius 1 is 1.14 bits per heavy atom. The van der Waals surface area contributed by atoms with E-state index in [1.54, 1.807) is 6.08 Å². The second-order valence-corrected chi connectivity index (χ2v) is 6.44. The lowest BCUT2D eigenvalue weighted by atomic mass is 10.0. The topological polar surface area (TPSA) is 52.7 Å². The highest BCUT2D eigenvalue weighted by Gasteiger charge is 2.23. The molecule has 2 rings (SSSR count). The maximum Gasteiger partial charge on any atom is 0.234 e. The molecule has 5 nitrogen and oxygen atoms in total. The molecule has 1 heterocycles. The number of amides is 2. The van der Waals surface area contributed by atoms with Crippen LogP contribution in [-0.4, -0.2) is 60.9 Å². The highest BCUT2D eigenvalue weighted by molar-refractivity contribution is 5.78. The van der Waals surface area contributed by atoms with Crippen LogP contribution in [0.2, 0.25) is 0 Å². The van der Waals surface area contributed by atoms with Crippen molar-refractivity contribution in [3.63, 3.8) is 0 Å². The number of hydrogen-bond acceptors (Lipinski definition) is 3. The summed E-state index contributed by atoms with van der Waals surface area (Å²) in [6.45, 7) is 7.58. The number of carbonyl (C=O) groups excluding carboxylic acids is 2. The van der Waals surface area contributed by atoms with Gasteiger partial charge in [-0.15, -0.1) is 6.58 Å². The minimum Gasteiger partial charge on any atom is -0.352 e. The van der Waals surface area contributed by atoms with Crippen LogP contribution >= 0.6 is 0 Å². The zero-order valence-electron chi connectivity index (χ0n) is 13.6. The first-order valence-corrected chi connectivity index (χ1v) is 8.56. The van der Waals surface area contributed by atoms with Crippen LogP contribution in [0.25, 0.3) is 0 Å². The quantitative estimate of drug-likeness (QED) is 0.724. The van der Waals surface area contributed by atoms with Crippen LogP contribution in [0.5, 0.6) is 0 Å². The Balaban J connectivity index is 1.62. The second-order valence-electron chi connectivity index (χ2n) is 6.44. The van der Waals surface area contributed by atoms with Gasteiger partial charge in [0.1, 0.15) is 0 Å². The first-order chi connectivity index (χ1) is 10.7. The van der Waals surface area contributed by atoms with Gasteiger partial charge in [0.2, 0.25) is 11.8 Å². The normalized spacial score (nSPS) is 20.1. The van der Waals surface area contributed by atoms with Gasteiger partial charge in [0, 0.05) is 39.1 Å². The standard InChI is InChI=1S/C17H29N3O2/c1-2-9-18-16(21)14-19-10-12-20(13-11-19)17(22)8-7-15-5-3-4-6-15/h2,15H,1,3-14H2,(H,18,21). The van der Waals surface area contributed by atoms with Gasteiger partial charge in [-0.25, -0.2) is 0 Å². The van der Waals surface area contributed by atoms with Gasteiger partial charge in [-0.1, -0.05) is 31.8 Å². The number of nitrogens with zero attached hydrogens (tertiary/aromatic N) is 2. The molecule has 0 aromatic heterocycles. The zero-order valence-corrected chi connectivity index (χ0v) is 13.6. The molecule has 0 aromatic rings. The van der Waals surface area contributed by atoms with Gasteiger partial charge < -0.3 is 10.2 Å². The summed E-state index contributed by atoms with van der Waals surface area (Å²) >= 11 is 0. The Bertz CT molecular complexity index is 383. The zero-order chi connectivity index (χ0) is 15.8. The lowest BCUT2D eigenvalue weighted by Crippen LogP contribution is -2.51. The Morgan fingerprint density at radius 3 is 2.45 bits per heavy atom. The number of rotatable bonds is 7. The molecule has 2 amide bonds. The molecule has 0 radical (unpaired) electrons. The molecule has 1 saturated heterocycles. The molecule has 0 spiro atoms. The maximum absolute atomic E-state index is 12.2. The molecule has 0 unspecified atom stereocenters. The SMILES string of the molecule is C=CCNC(=O)CN1CCN(C(=O)CCC2CCCC2)CC1. The molecule has 0 bridgehead atoms. The van der Waals surface area contributed by atoms with Crippen molar-refractivity contribution >= 4 is 11.8 Å². The lowest BCUT2D eigenvalue weighted by Gasteiger charge is -2.34. The van der Waals surface area contributed by atoms with Crippen LogP contribution in [0, 0.1) is 5.92 Å². The summed E-state index contributed by atoms with van der Waals surface area (Å²) in [6, 6.07) is 0. The minimum absolute atomic E-state index is 0.0286. The van der Waals surface area contributed by atoms with Gasteiger partial charge in [-0.05, 0) is 12.3 Å². The largest absolute Gasteiger partial charge is 0.352 e. The van der Waals surface area contributed by atoms with Gasteiger partial charge in [0.25, 0.3) is 0 Å². The first kappa shape index (κ1) is 17.0. The fraction of sp³-hybridized carbons (Fsp3) is 0.765. The molecular weight excluding hydrogens is 278 g/mol. The van der Waals surface area contributed by atoms with Gasteiger partial charge in [-0.2, -0.15) is 0 Å². The number of piperazine rings is 1. The third kappa shape index (κ3) is 5.44. The third-order valence-electron chi connectivity index (χ3n) is 4.78. The number of carbonyl (C=O) groups is 2. The Hall–Kier alpha value is -1.36. The van der Waals surface area contributed by atoms with Crippen molar-refractivity contribution in [1.29, 1.82) is 0 Å². The summed E-state index contributed by atoms with van der Waals surface area (Å²) < 4.78 is 0. The predicted octanol–water partition coefficient (Wildman–Crippen LogP) is 1.40. The average Bonchev–Trinajstić information content (AvgIpc) is 3.05. The van der Waals surface area contributed by atoms with E-state index in [0.29, 0.717) is 25.4 Å². The third-order valence-corrected chi connectivity index (χ3v) is 4.78. The van der Waals surface area contributed by atoms with E-state index in [4.69, 9.17) is 0 Å². The average molecular weight is 307 g/mol. The smallest absolute Gasteiger partial charge is 0.234 e. The van der Waals surface area contributed by atoms with Gasteiger partial charge in [-0.3, -0.25) is 14.5 Å². The molecule has 0 aromatic carbocycles. The fourth-order valence-electron chi connectivity index (χ4n) is 3.39. The van der Waals surface area contributed by atoms with E-state index in [9.17, 15) is 9.59 Å². The van der Waals surface area contributed by atoms with Crippen molar-refractivity contribution in [2.24, 2.45) is 5.92 Å². The molecule has 0 atom stereocenters. The molecular formula is C17H29N3O2. The van der Waals surface area contributed by atoms with Crippen molar-refractivity contribution in [2.45, 2.75) is 38.5 Å². The highest BCUT2D eigenvalue weighted by atomic mass is 16.2. The Morgan fingerprint density at radius 2 is 1.82 bits per heavy atom. The summed E-state index contributed by atoms with van der Waals surface area (Å²) in [6.07, 6.45) is 8.73. The Kier molecular flexibility index (Phi) is 6.90. The van der Waals surface area contributed by atoms with E-state index < -0.39 is 0 Å². The van der Waals surface area contributed by atoms with Crippen LogP contribution in [-0.2, 0) is 9.59 Å². The summed E-state index contributed by atoms with van der Waals surface area (Å²) in [7, 11) is 0. The molecule has 1 saturated carbocycles. The van der Waals surface area contributed by atoms with Gasteiger partial charge in [0.15, 0.2) is 0 Å². The number of nitrogens with one attached hydrogen (secondary N) is 1. The van der Waals surface area contributed by atoms with Crippen molar-refractivity contribution in [2.75, 3.05) is 39.3 Å². The highest BCUT2D eigenvalue weighted by Crippen LogP contribution is 2.28. The summed E-state index contributed by atoms with van der Waals surface area (Å²) in [4.78, 5) is 28.0. The predicted molar refractivity (Wildman–Crippen MR) is 87.4 cm³/mol. The van der Waals surface area contributed by atoms with E-state index in [0.717, 1.165) is 38.5 Å². The van der Waals surface area contributed by atoms with Crippen LogP contribution < -0.4 is 5.32 Å². The second kappa shape index (κ2) is 8.93. The summed E-state index contributed by atoms with van der Waals surface area (Å²) in [5.41, 5.74) is 0. The van der Waals surface area contributed by atoms with Crippen LogP contribution in [0.1, 0.15) is 38.5 Å². The molecule has 5 heteroatoms. The van der Waals surface area contributed by atoms with E-state index in [1.165, 1.54) is 25.7 Å². The van der Waals surface area contributed by atoms with Gasteiger partial charge >= 0.3 is 0 Å². The van der Waals surface area contributed by atoms with E-state index >= 15 is 0 Å². The monoisotopic (exact) mass is 307 g/mol. The summed E-state index contributed by atoms with van der Waals surface area (Å²) in [5, 5.41) is 2.79. The molecule has 1 aliphatic heterocycles. The van der Waals surface area contributed by atoms with E-state index in [1.807, 2.05) is 4.90 Å². The Labute approximate surface area is 133 Å². The minimum atomic E-state index is 0.0286. The van der Waals surface area contributed by atoms with Crippen molar-refractivity contribution < 1.29 is 9.59 Å². The number of hydrogen-bond donors (Lipinski definition) is 1. The van der Waals surface area contributed by atoms with Crippen LogP contribution in [0.4, 0.5) is 0 Å². The van der Waals surface area contributed by atoms with E-state index in [2.05, 4.69) is 16.8 Å². The van der Waals surface area contributed by atoms with Gasteiger partial charge in [0.05, 0.1) is 6.54 Å². The lowest BCUT2D eigenvalue weighted by molar-refractivity contribution is -0.133. The molecule has 1 N–H and O–H groups in total. The summed E-state index contributed by atoms with van der Waals surface area (Å²) in [5.74, 6) is 1.10. The molecule has 2 aliphatic rings. The van der Waals surface area contributed by atoms with Crippen molar-refractivity contribution in [1.82, 2.24) is 15.1 Å². The van der Waals surface area contributed by atoms with Crippen molar-refractivity contribution in [3.05, 3.63) is 12.7 Å². The van der Waals surface area contributed by atoms with E-state index in [-0.39, 0.29) is 5.91 Å². The first-order valence-electron chi connectivity index (χ1n) is 8.56. The molecule has 2 fully saturated rings. The molecule has 1 aliphatic carbocycles. The van der Waals surface area contributed by atoms with Crippen LogP contribution in [0.3, 0.4) is 0 Å².